The molecule has 0 aromatic heterocycles. The molecule has 1 aromatic carbocycles. The molecule has 0 aliphatic rings. The van der Waals surface area contributed by atoms with Gasteiger partial charge in [-0.2, -0.15) is 8.42 Å². The lowest BCUT2D eigenvalue weighted by Gasteiger charge is -2.07. The molecule has 0 radical (unpaired) electrons. The molecule has 0 heterocycles. The second-order valence-corrected chi connectivity index (χ2v) is 5.55. The van der Waals surface area contributed by atoms with Crippen molar-refractivity contribution >= 4 is 15.8 Å². The van der Waals surface area contributed by atoms with Gasteiger partial charge >= 0.3 is 0 Å². The molecule has 0 spiro atoms. The molecule has 1 atom stereocenters. The van der Waals surface area contributed by atoms with E-state index >= 15 is 0 Å². The van der Waals surface area contributed by atoms with Gasteiger partial charge in [-0.3, -0.25) is 4.55 Å². The van der Waals surface area contributed by atoms with Crippen LogP contribution in [0.4, 0.5) is 5.69 Å². The van der Waals surface area contributed by atoms with Crippen molar-refractivity contribution < 1.29 is 13.0 Å². The Bertz CT molecular complexity index is 518. The minimum Gasteiger partial charge on any atom is -0.285 e. The van der Waals surface area contributed by atoms with E-state index in [1.807, 2.05) is 0 Å². The van der Waals surface area contributed by atoms with Gasteiger partial charge in [-0.1, -0.05) is 29.4 Å². The van der Waals surface area contributed by atoms with Gasteiger partial charge in [0.1, 0.15) is 0 Å². The van der Waals surface area contributed by atoms with Gasteiger partial charge in [-0.05, 0) is 30.9 Å². The first-order chi connectivity index (χ1) is 7.93. The molecule has 6 nitrogen and oxygen atoms in total. The molecule has 17 heavy (non-hydrogen) atoms. The van der Waals surface area contributed by atoms with Gasteiger partial charge in [0.05, 0.1) is 5.25 Å². The zero-order chi connectivity index (χ0) is 12.9. The Balaban J connectivity index is 2.62. The SMILES string of the molecule is CC(CCc1ccc(N=[N+]=[N-])cc1)S(=O)(=O)O. The Morgan fingerprint density at radius 1 is 1.41 bits per heavy atom. The Morgan fingerprint density at radius 2 is 2.00 bits per heavy atom. The number of azide groups is 1. The molecule has 1 aromatic rings. The number of aryl methyl sites for hydroxylation is 1. The van der Waals surface area contributed by atoms with Crippen LogP contribution in [0.5, 0.6) is 0 Å². The highest BCUT2D eigenvalue weighted by atomic mass is 32.2. The number of benzene rings is 1. The Morgan fingerprint density at radius 3 is 2.47 bits per heavy atom. The van der Waals surface area contributed by atoms with Crippen molar-refractivity contribution in [3.8, 4) is 0 Å². The second kappa shape index (κ2) is 5.67. The van der Waals surface area contributed by atoms with Crippen LogP contribution in [-0.4, -0.2) is 18.2 Å². The standard InChI is InChI=1S/C10H13N3O3S/c1-8(17(14,15)16)2-3-9-4-6-10(7-5-9)12-13-11/h4-8H,2-3H2,1H3,(H,14,15,16). The first kappa shape index (κ1) is 13.5. The summed E-state index contributed by atoms with van der Waals surface area (Å²) in [5.41, 5.74) is 9.66. The average molecular weight is 255 g/mol. The molecule has 92 valence electrons. The fourth-order valence-electron chi connectivity index (χ4n) is 1.30. The molecular weight excluding hydrogens is 242 g/mol. The maximum atomic E-state index is 10.8. The zero-order valence-corrected chi connectivity index (χ0v) is 10.1. The normalized spacial score (nSPS) is 12.8. The van der Waals surface area contributed by atoms with Gasteiger partial charge in [-0.15, -0.1) is 0 Å². The van der Waals surface area contributed by atoms with Crippen LogP contribution < -0.4 is 0 Å². The summed E-state index contributed by atoms with van der Waals surface area (Å²) in [7, 11) is -3.96. The van der Waals surface area contributed by atoms with Crippen LogP contribution in [0.3, 0.4) is 0 Å². The Hall–Kier alpha value is -1.56. The minimum atomic E-state index is -3.96. The molecule has 0 fully saturated rings. The number of nitrogens with zero attached hydrogens (tertiary/aromatic N) is 3. The van der Waals surface area contributed by atoms with Crippen LogP contribution in [0, 0.1) is 0 Å². The second-order valence-electron chi connectivity index (χ2n) is 3.72. The third-order valence-corrected chi connectivity index (χ3v) is 3.70. The van der Waals surface area contributed by atoms with E-state index in [2.05, 4.69) is 10.0 Å². The summed E-state index contributed by atoms with van der Waals surface area (Å²) in [6, 6.07) is 6.85. The first-order valence-electron chi connectivity index (χ1n) is 5.04. The molecule has 0 saturated carbocycles. The molecular formula is C10H13N3O3S. The average Bonchev–Trinajstić information content (AvgIpc) is 2.27. The summed E-state index contributed by atoms with van der Waals surface area (Å²) in [5.74, 6) is 0. The highest BCUT2D eigenvalue weighted by Crippen LogP contribution is 2.15. The maximum absolute atomic E-state index is 10.8. The lowest BCUT2D eigenvalue weighted by molar-refractivity contribution is 0.466. The van der Waals surface area contributed by atoms with Crippen LogP contribution >= 0.6 is 0 Å². The number of hydrogen-bond donors (Lipinski definition) is 1. The quantitative estimate of drug-likeness (QED) is 0.378. The molecule has 1 rings (SSSR count). The van der Waals surface area contributed by atoms with Crippen LogP contribution in [0.1, 0.15) is 18.9 Å². The van der Waals surface area contributed by atoms with Crippen molar-refractivity contribution in [1.82, 2.24) is 0 Å². The van der Waals surface area contributed by atoms with Gasteiger partial charge < -0.3 is 0 Å². The van der Waals surface area contributed by atoms with Gasteiger partial charge in [-0.25, -0.2) is 0 Å². The molecule has 0 aliphatic carbocycles. The summed E-state index contributed by atoms with van der Waals surface area (Å²) >= 11 is 0. The molecule has 0 bridgehead atoms. The van der Waals surface area contributed by atoms with Gasteiger partial charge in [0.25, 0.3) is 10.1 Å². The summed E-state index contributed by atoms with van der Waals surface area (Å²) in [5, 5.41) is 2.65. The largest absolute Gasteiger partial charge is 0.285 e. The molecule has 0 amide bonds. The van der Waals surface area contributed by atoms with E-state index in [-0.39, 0.29) is 0 Å². The lowest BCUT2D eigenvalue weighted by atomic mass is 10.1. The third kappa shape index (κ3) is 4.44. The predicted octanol–water partition coefficient (Wildman–Crippen LogP) is 2.84. The van der Waals surface area contributed by atoms with Crippen LogP contribution in [0.2, 0.25) is 0 Å². The van der Waals surface area contributed by atoms with Crippen molar-refractivity contribution in [3.63, 3.8) is 0 Å². The van der Waals surface area contributed by atoms with Crippen LogP contribution in [0.15, 0.2) is 29.4 Å². The fourth-order valence-corrected chi connectivity index (χ4v) is 1.72. The summed E-state index contributed by atoms with van der Waals surface area (Å²) in [4.78, 5) is 2.65. The van der Waals surface area contributed by atoms with E-state index in [9.17, 15) is 8.42 Å². The summed E-state index contributed by atoms with van der Waals surface area (Å²) in [6.45, 7) is 1.46. The summed E-state index contributed by atoms with van der Waals surface area (Å²) < 4.78 is 30.4. The first-order valence-corrected chi connectivity index (χ1v) is 6.54. The van der Waals surface area contributed by atoms with Gasteiger partial charge in [0.15, 0.2) is 0 Å². The van der Waals surface area contributed by atoms with Crippen molar-refractivity contribution in [2.45, 2.75) is 25.0 Å². The minimum absolute atomic E-state index is 0.347. The van der Waals surface area contributed by atoms with Gasteiger partial charge in [0, 0.05) is 10.6 Å². The van der Waals surface area contributed by atoms with Crippen molar-refractivity contribution in [2.75, 3.05) is 0 Å². The maximum Gasteiger partial charge on any atom is 0.267 e. The van der Waals surface area contributed by atoms with Crippen LogP contribution in [-0.2, 0) is 16.5 Å². The fraction of sp³-hybridized carbons (Fsp3) is 0.400. The van der Waals surface area contributed by atoms with Crippen molar-refractivity contribution in [1.29, 1.82) is 0 Å². The molecule has 1 N–H and O–H groups in total. The molecule has 0 aliphatic heterocycles. The smallest absolute Gasteiger partial charge is 0.267 e. The zero-order valence-electron chi connectivity index (χ0n) is 9.31. The van der Waals surface area contributed by atoms with E-state index in [1.165, 1.54) is 6.92 Å². The van der Waals surface area contributed by atoms with E-state index in [0.717, 1.165) is 5.56 Å². The highest BCUT2D eigenvalue weighted by Gasteiger charge is 2.16. The monoisotopic (exact) mass is 255 g/mol. The number of hydrogen-bond acceptors (Lipinski definition) is 3. The highest BCUT2D eigenvalue weighted by molar-refractivity contribution is 7.86. The third-order valence-electron chi connectivity index (χ3n) is 2.44. The van der Waals surface area contributed by atoms with Crippen molar-refractivity contribution in [3.05, 3.63) is 40.3 Å². The molecule has 1 unspecified atom stereocenters. The van der Waals surface area contributed by atoms with E-state index in [4.69, 9.17) is 10.1 Å². The van der Waals surface area contributed by atoms with Gasteiger partial charge in [0.2, 0.25) is 0 Å². The lowest BCUT2D eigenvalue weighted by Crippen LogP contribution is -2.17. The number of rotatable bonds is 5. The summed E-state index contributed by atoms with van der Waals surface area (Å²) in [6.07, 6.45) is 0.886. The van der Waals surface area contributed by atoms with E-state index in [0.29, 0.717) is 18.5 Å². The van der Waals surface area contributed by atoms with Crippen molar-refractivity contribution in [2.24, 2.45) is 5.11 Å². The topological polar surface area (TPSA) is 103 Å². The molecule has 7 heteroatoms. The van der Waals surface area contributed by atoms with Crippen LogP contribution in [0.25, 0.3) is 10.4 Å². The Labute approximate surface area is 99.7 Å². The molecule has 0 saturated heterocycles. The van der Waals surface area contributed by atoms with E-state index in [1.54, 1.807) is 24.3 Å². The predicted molar refractivity (Wildman–Crippen MR) is 64.6 cm³/mol. The van der Waals surface area contributed by atoms with E-state index < -0.39 is 15.4 Å². The Kier molecular flexibility index (Phi) is 4.51.